The number of carbonyl (C=O) groups excluding carboxylic acids is 1. The number of piperazine rings is 1. The predicted molar refractivity (Wildman–Crippen MR) is 97.2 cm³/mol. The normalized spacial score (nSPS) is 37.5. The van der Waals surface area contributed by atoms with Gasteiger partial charge in [0.15, 0.2) is 0 Å². The molecule has 3 fully saturated rings. The molecule has 9 heteroatoms. The summed E-state index contributed by atoms with van der Waals surface area (Å²) in [5, 5.41) is 11.0. The molecule has 2 saturated heterocycles. The molecule has 0 radical (unpaired) electrons. The van der Waals surface area contributed by atoms with E-state index >= 15 is 0 Å². The molecule has 150 valence electrons. The summed E-state index contributed by atoms with van der Waals surface area (Å²) in [7, 11) is 0. The molecule has 9 nitrogen and oxygen atoms in total. The van der Waals surface area contributed by atoms with Gasteiger partial charge >= 0.3 is 5.97 Å². The number of hydrogen-bond acceptors (Lipinski definition) is 9. The summed E-state index contributed by atoms with van der Waals surface area (Å²) >= 11 is 0. The minimum Gasteiger partial charge on any atom is -0.466 e. The van der Waals surface area contributed by atoms with Crippen LogP contribution in [0.2, 0.25) is 0 Å². The van der Waals surface area contributed by atoms with E-state index in [1.165, 1.54) is 0 Å². The molecule has 3 aliphatic rings. The van der Waals surface area contributed by atoms with Crippen LogP contribution in [0.15, 0.2) is 0 Å². The van der Waals surface area contributed by atoms with Gasteiger partial charge in [-0.2, -0.15) is 11.0 Å². The molecule has 4 atom stereocenters. The van der Waals surface area contributed by atoms with E-state index in [1.807, 2.05) is 6.92 Å². The van der Waals surface area contributed by atoms with Crippen LogP contribution in [-0.2, 0) is 14.5 Å². The molecule has 0 bridgehead atoms. The van der Waals surface area contributed by atoms with Crippen LogP contribution in [0.25, 0.3) is 0 Å². The maximum Gasteiger partial charge on any atom is 0.308 e. The zero-order valence-corrected chi connectivity index (χ0v) is 16.1. The van der Waals surface area contributed by atoms with Gasteiger partial charge in [0.1, 0.15) is 12.3 Å². The molecule has 26 heavy (non-hydrogen) atoms. The smallest absolute Gasteiger partial charge is 0.308 e. The summed E-state index contributed by atoms with van der Waals surface area (Å²) in [5.41, 5.74) is 5.91. The van der Waals surface area contributed by atoms with Crippen molar-refractivity contribution in [1.29, 1.82) is 0 Å². The molecular weight excluding hydrogens is 336 g/mol. The molecule has 2 aliphatic heterocycles. The number of nitrogens with zero attached hydrogens (tertiary/aromatic N) is 1. The summed E-state index contributed by atoms with van der Waals surface area (Å²) in [4.78, 5) is 19.5. The molecule has 5 N–H and O–H groups in total. The topological polar surface area (TPSA) is 98.9 Å². The van der Waals surface area contributed by atoms with Crippen LogP contribution in [-0.4, -0.2) is 61.3 Å². The Labute approximate surface area is 155 Å². The third-order valence-electron chi connectivity index (χ3n) is 5.70. The van der Waals surface area contributed by atoms with Gasteiger partial charge in [-0.05, 0) is 45.7 Å². The highest BCUT2D eigenvalue weighted by Crippen LogP contribution is 2.26. The molecule has 0 spiro atoms. The number of hydroxylamine groups is 2. The zero-order valence-electron chi connectivity index (χ0n) is 16.1. The molecule has 4 unspecified atom stereocenters. The van der Waals surface area contributed by atoms with Crippen molar-refractivity contribution < 1.29 is 14.5 Å². The highest BCUT2D eigenvalue weighted by Gasteiger charge is 2.42. The van der Waals surface area contributed by atoms with Crippen LogP contribution < -0.4 is 26.9 Å². The summed E-state index contributed by atoms with van der Waals surface area (Å²) in [6.45, 7) is 8.62. The van der Waals surface area contributed by atoms with Gasteiger partial charge in [0.05, 0.1) is 24.9 Å². The molecular formula is C17H34N6O3. The van der Waals surface area contributed by atoms with Crippen LogP contribution in [0.3, 0.4) is 0 Å². The van der Waals surface area contributed by atoms with Gasteiger partial charge in [0, 0.05) is 6.04 Å². The largest absolute Gasteiger partial charge is 0.466 e. The maximum absolute atomic E-state index is 11.9. The number of carbonyl (C=O) groups is 1. The summed E-state index contributed by atoms with van der Waals surface area (Å²) in [6, 6.07) is 0.393. The third kappa shape index (κ3) is 4.53. The van der Waals surface area contributed by atoms with Gasteiger partial charge in [0.2, 0.25) is 0 Å². The summed E-state index contributed by atoms with van der Waals surface area (Å²) in [6.07, 6.45) is 4.05. The van der Waals surface area contributed by atoms with Gasteiger partial charge in [0.25, 0.3) is 0 Å². The number of rotatable bonds is 7. The summed E-state index contributed by atoms with van der Waals surface area (Å²) in [5.74, 6) is 0.0214. The van der Waals surface area contributed by atoms with Gasteiger partial charge in [-0.15, -0.1) is 0 Å². The first-order valence-electron chi connectivity index (χ1n) is 10.0. The van der Waals surface area contributed by atoms with E-state index in [0.29, 0.717) is 12.6 Å². The molecule has 0 amide bonds. The second-order valence-corrected chi connectivity index (χ2v) is 7.24. The lowest BCUT2D eigenvalue weighted by molar-refractivity contribution is -0.149. The number of hydrogen-bond donors (Lipinski definition) is 5. The van der Waals surface area contributed by atoms with Crippen molar-refractivity contribution in [3.63, 3.8) is 0 Å². The van der Waals surface area contributed by atoms with Gasteiger partial charge in [-0.25, -0.2) is 4.94 Å². The van der Waals surface area contributed by atoms with Crippen LogP contribution >= 0.6 is 0 Å². The average Bonchev–Trinajstić information content (AvgIpc) is 3.11. The molecule has 3 rings (SSSR count). The standard InChI is InChI=1S/C17H34N6O3/c1-4-23(5-2)16-15(19-13-14(20-16)22-26-21-13)18-12-9-7-11(8-10-12)17(24)25-6-3/h11-16,18-22H,4-10H2,1-3H3. The lowest BCUT2D eigenvalue weighted by atomic mass is 9.86. The third-order valence-corrected chi connectivity index (χ3v) is 5.70. The van der Waals surface area contributed by atoms with Gasteiger partial charge in [-0.1, -0.05) is 13.8 Å². The van der Waals surface area contributed by atoms with Crippen LogP contribution in [0.1, 0.15) is 46.5 Å². The number of ether oxygens (including phenoxy) is 1. The van der Waals surface area contributed by atoms with Crippen molar-refractivity contribution in [2.24, 2.45) is 5.92 Å². The molecule has 1 aliphatic carbocycles. The lowest BCUT2D eigenvalue weighted by Crippen LogP contribution is -2.76. The molecule has 0 aromatic carbocycles. The van der Waals surface area contributed by atoms with E-state index in [4.69, 9.17) is 9.68 Å². The van der Waals surface area contributed by atoms with Gasteiger partial charge in [-0.3, -0.25) is 25.6 Å². The molecule has 0 aromatic heterocycles. The van der Waals surface area contributed by atoms with Crippen molar-refractivity contribution in [1.82, 2.24) is 31.8 Å². The Bertz CT molecular complexity index is 456. The first-order chi connectivity index (χ1) is 12.7. The van der Waals surface area contributed by atoms with E-state index in [-0.39, 0.29) is 36.6 Å². The van der Waals surface area contributed by atoms with E-state index < -0.39 is 0 Å². The van der Waals surface area contributed by atoms with Crippen molar-refractivity contribution >= 4 is 5.97 Å². The molecule has 2 heterocycles. The fourth-order valence-corrected chi connectivity index (χ4v) is 4.20. The Hall–Kier alpha value is -0.810. The second-order valence-electron chi connectivity index (χ2n) is 7.24. The van der Waals surface area contributed by atoms with E-state index in [1.54, 1.807) is 0 Å². The minimum atomic E-state index is -0.0364. The molecule has 0 aromatic rings. The first kappa shape index (κ1) is 19.9. The first-order valence-corrected chi connectivity index (χ1v) is 10.0. The summed E-state index contributed by atoms with van der Waals surface area (Å²) < 4.78 is 5.17. The van der Waals surface area contributed by atoms with E-state index in [0.717, 1.165) is 38.8 Å². The Balaban J connectivity index is 1.57. The molecule has 1 saturated carbocycles. The van der Waals surface area contributed by atoms with Gasteiger partial charge < -0.3 is 4.74 Å². The zero-order chi connectivity index (χ0) is 18.5. The van der Waals surface area contributed by atoms with E-state index in [9.17, 15) is 4.79 Å². The maximum atomic E-state index is 11.9. The lowest BCUT2D eigenvalue weighted by Gasteiger charge is -2.46. The Kier molecular flexibility index (Phi) is 7.21. The van der Waals surface area contributed by atoms with Crippen molar-refractivity contribution in [2.75, 3.05) is 19.7 Å². The monoisotopic (exact) mass is 370 g/mol. The number of likely N-dealkylation sites (N-methyl/N-ethyl adjacent to an activating group) is 1. The number of fused-ring (bicyclic) bond motifs is 1. The highest BCUT2D eigenvalue weighted by atomic mass is 16.8. The number of esters is 1. The van der Waals surface area contributed by atoms with Crippen molar-refractivity contribution in [2.45, 2.75) is 77.2 Å². The minimum absolute atomic E-state index is 0.00943. The number of nitrogens with one attached hydrogen (secondary N) is 5. The highest BCUT2D eigenvalue weighted by molar-refractivity contribution is 5.72. The average molecular weight is 370 g/mol. The van der Waals surface area contributed by atoms with E-state index in [2.05, 4.69) is 45.7 Å². The van der Waals surface area contributed by atoms with Crippen LogP contribution in [0.4, 0.5) is 0 Å². The SMILES string of the molecule is CCOC(=O)C1CCC(NC2NC3NONC3NC2N(CC)CC)CC1. The Morgan fingerprint density at radius 3 is 2.35 bits per heavy atom. The Morgan fingerprint density at radius 2 is 1.73 bits per heavy atom. The second kappa shape index (κ2) is 9.41. The fraction of sp³-hybridized carbons (Fsp3) is 0.941. The van der Waals surface area contributed by atoms with Crippen LogP contribution in [0, 0.1) is 5.92 Å². The quantitative estimate of drug-likeness (QED) is 0.383. The fourth-order valence-electron chi connectivity index (χ4n) is 4.20. The van der Waals surface area contributed by atoms with Crippen LogP contribution in [0.5, 0.6) is 0 Å². The van der Waals surface area contributed by atoms with Crippen molar-refractivity contribution in [3.8, 4) is 0 Å². The predicted octanol–water partition coefficient (Wildman–Crippen LogP) is -0.424. The Morgan fingerprint density at radius 1 is 1.08 bits per heavy atom. The van der Waals surface area contributed by atoms with Crippen molar-refractivity contribution in [3.05, 3.63) is 0 Å².